The lowest BCUT2D eigenvalue weighted by Gasteiger charge is -2.16. The standard InChI is InChI=1S/C20H24N4O3S2/c1-13(2)12-24-19(26)15(29-20(24)28)11-14-17(21-8-6-10-27-3)22-16-7-4-5-9-23(16)18(14)25/h4-5,7,9,11,13,21H,6,8,10,12H2,1-3H3/b15-11-. The number of amides is 1. The second kappa shape index (κ2) is 9.51. The van der Waals surface area contributed by atoms with Crippen molar-refractivity contribution >= 4 is 51.7 Å². The molecule has 3 rings (SSSR count). The maximum absolute atomic E-state index is 13.1. The van der Waals surface area contributed by atoms with Crippen molar-refractivity contribution in [1.29, 1.82) is 0 Å². The van der Waals surface area contributed by atoms with Gasteiger partial charge >= 0.3 is 0 Å². The fourth-order valence-electron chi connectivity index (χ4n) is 2.94. The maximum Gasteiger partial charge on any atom is 0.267 e. The zero-order chi connectivity index (χ0) is 21.0. The van der Waals surface area contributed by atoms with E-state index in [1.807, 2.05) is 19.9 Å². The number of pyridine rings is 1. The van der Waals surface area contributed by atoms with Gasteiger partial charge in [-0.25, -0.2) is 4.98 Å². The minimum Gasteiger partial charge on any atom is -0.385 e. The molecular weight excluding hydrogens is 408 g/mol. The first-order chi connectivity index (χ1) is 13.9. The molecule has 2 aromatic heterocycles. The maximum atomic E-state index is 13.1. The van der Waals surface area contributed by atoms with Crippen LogP contribution in [0.3, 0.4) is 0 Å². The summed E-state index contributed by atoms with van der Waals surface area (Å²) in [6.07, 6.45) is 4.04. The van der Waals surface area contributed by atoms with Crippen LogP contribution < -0.4 is 10.9 Å². The number of rotatable bonds is 8. The van der Waals surface area contributed by atoms with E-state index < -0.39 is 0 Å². The summed E-state index contributed by atoms with van der Waals surface area (Å²) in [5.74, 6) is 0.575. The van der Waals surface area contributed by atoms with Crippen molar-refractivity contribution < 1.29 is 9.53 Å². The molecule has 3 heterocycles. The Morgan fingerprint density at radius 1 is 1.34 bits per heavy atom. The van der Waals surface area contributed by atoms with Gasteiger partial charge in [-0.15, -0.1) is 0 Å². The predicted octanol–water partition coefficient (Wildman–Crippen LogP) is 3.00. The summed E-state index contributed by atoms with van der Waals surface area (Å²) < 4.78 is 7.06. The Bertz CT molecular complexity index is 1020. The highest BCUT2D eigenvalue weighted by Gasteiger charge is 2.32. The van der Waals surface area contributed by atoms with Crippen LogP contribution in [0.1, 0.15) is 25.8 Å². The Morgan fingerprint density at radius 2 is 2.14 bits per heavy atom. The number of anilines is 1. The molecule has 0 atom stereocenters. The number of aromatic nitrogens is 2. The highest BCUT2D eigenvalue weighted by Crippen LogP contribution is 2.33. The van der Waals surface area contributed by atoms with Gasteiger partial charge in [0.05, 0.1) is 10.5 Å². The molecule has 0 bridgehead atoms. The summed E-state index contributed by atoms with van der Waals surface area (Å²) in [6.45, 7) is 5.81. The Balaban J connectivity index is 2.01. The molecule has 1 fully saturated rings. The van der Waals surface area contributed by atoms with Gasteiger partial charge in [0.1, 0.15) is 15.8 Å². The van der Waals surface area contributed by atoms with E-state index in [1.165, 1.54) is 16.2 Å². The van der Waals surface area contributed by atoms with Crippen molar-refractivity contribution in [3.05, 3.63) is 45.2 Å². The molecule has 0 spiro atoms. The van der Waals surface area contributed by atoms with Crippen molar-refractivity contribution in [2.75, 3.05) is 32.1 Å². The van der Waals surface area contributed by atoms with E-state index in [2.05, 4.69) is 10.3 Å². The first-order valence-electron chi connectivity index (χ1n) is 9.42. The van der Waals surface area contributed by atoms with Crippen LogP contribution in [0.4, 0.5) is 5.82 Å². The lowest BCUT2D eigenvalue weighted by molar-refractivity contribution is -0.122. The fraction of sp³-hybridized carbons (Fsp3) is 0.400. The van der Waals surface area contributed by atoms with Crippen LogP contribution in [0.5, 0.6) is 0 Å². The third-order valence-corrected chi connectivity index (χ3v) is 5.66. The highest BCUT2D eigenvalue weighted by molar-refractivity contribution is 8.26. The number of methoxy groups -OCH3 is 1. The van der Waals surface area contributed by atoms with E-state index in [0.717, 1.165) is 6.42 Å². The number of carbonyl (C=O) groups is 1. The van der Waals surface area contributed by atoms with Crippen molar-refractivity contribution in [3.8, 4) is 0 Å². The summed E-state index contributed by atoms with van der Waals surface area (Å²) >= 11 is 6.59. The molecule has 2 aromatic rings. The SMILES string of the molecule is COCCCNc1nc2ccccn2c(=O)c1/C=C1\SC(=S)N(CC(C)C)C1=O. The van der Waals surface area contributed by atoms with Crippen molar-refractivity contribution in [3.63, 3.8) is 0 Å². The molecule has 1 aliphatic heterocycles. The van der Waals surface area contributed by atoms with Crippen molar-refractivity contribution in [1.82, 2.24) is 14.3 Å². The Morgan fingerprint density at radius 3 is 2.86 bits per heavy atom. The van der Waals surface area contributed by atoms with Gasteiger partial charge in [-0.3, -0.25) is 18.9 Å². The molecule has 0 radical (unpaired) electrons. The molecule has 1 aliphatic rings. The topological polar surface area (TPSA) is 75.9 Å². The first kappa shape index (κ1) is 21.5. The molecule has 0 aromatic carbocycles. The average molecular weight is 433 g/mol. The van der Waals surface area contributed by atoms with Crippen LogP contribution in [0.2, 0.25) is 0 Å². The minimum atomic E-state index is -0.237. The number of carbonyl (C=O) groups excluding carboxylic acids is 1. The molecule has 154 valence electrons. The van der Waals surface area contributed by atoms with Gasteiger partial charge in [-0.05, 0) is 30.5 Å². The van der Waals surface area contributed by atoms with E-state index in [-0.39, 0.29) is 11.5 Å². The molecule has 0 unspecified atom stereocenters. The van der Waals surface area contributed by atoms with Crippen LogP contribution in [0.25, 0.3) is 11.7 Å². The normalized spacial score (nSPS) is 15.9. The predicted molar refractivity (Wildman–Crippen MR) is 121 cm³/mol. The third kappa shape index (κ3) is 4.85. The van der Waals surface area contributed by atoms with Crippen LogP contribution in [-0.4, -0.2) is 51.3 Å². The number of ether oxygens (including phenoxy) is 1. The highest BCUT2D eigenvalue weighted by atomic mass is 32.2. The van der Waals surface area contributed by atoms with Crippen LogP contribution in [0.15, 0.2) is 34.1 Å². The number of nitrogens with one attached hydrogen (secondary N) is 1. The molecule has 0 saturated carbocycles. The van der Waals surface area contributed by atoms with Crippen molar-refractivity contribution in [2.24, 2.45) is 5.92 Å². The monoisotopic (exact) mass is 432 g/mol. The molecule has 1 N–H and O–H groups in total. The zero-order valence-corrected chi connectivity index (χ0v) is 18.3. The molecule has 9 heteroatoms. The zero-order valence-electron chi connectivity index (χ0n) is 16.7. The number of hydrogen-bond acceptors (Lipinski definition) is 7. The van der Waals surface area contributed by atoms with Crippen LogP contribution >= 0.6 is 24.0 Å². The van der Waals surface area contributed by atoms with Gasteiger partial charge in [0.25, 0.3) is 11.5 Å². The molecule has 0 aliphatic carbocycles. The largest absolute Gasteiger partial charge is 0.385 e. The van der Waals surface area contributed by atoms with Gasteiger partial charge in [0.2, 0.25) is 0 Å². The van der Waals surface area contributed by atoms with Crippen LogP contribution in [-0.2, 0) is 9.53 Å². The Hall–Kier alpha value is -2.23. The number of fused-ring (bicyclic) bond motifs is 1. The number of thiocarbonyl (C=S) groups is 1. The summed E-state index contributed by atoms with van der Waals surface area (Å²) in [7, 11) is 1.64. The lowest BCUT2D eigenvalue weighted by atomic mass is 10.2. The average Bonchev–Trinajstić information content (AvgIpc) is 2.95. The molecular formula is C20H24N4O3S2. The van der Waals surface area contributed by atoms with E-state index in [1.54, 1.807) is 36.4 Å². The number of hydrogen-bond donors (Lipinski definition) is 1. The van der Waals surface area contributed by atoms with Gasteiger partial charge in [0, 0.05) is 33.0 Å². The third-order valence-electron chi connectivity index (χ3n) is 4.28. The molecule has 1 amide bonds. The Kier molecular flexibility index (Phi) is 7.05. The van der Waals surface area contributed by atoms with E-state index in [0.29, 0.717) is 51.9 Å². The lowest BCUT2D eigenvalue weighted by Crippen LogP contribution is -2.31. The quantitative estimate of drug-likeness (QED) is 0.390. The Labute approximate surface area is 179 Å². The summed E-state index contributed by atoms with van der Waals surface area (Å²) in [5.41, 5.74) is 0.645. The molecule has 29 heavy (non-hydrogen) atoms. The first-order valence-corrected chi connectivity index (χ1v) is 10.6. The van der Waals surface area contributed by atoms with Gasteiger partial charge in [0.15, 0.2) is 0 Å². The summed E-state index contributed by atoms with van der Waals surface area (Å²) in [6, 6.07) is 5.37. The number of thioether (sulfide) groups is 1. The summed E-state index contributed by atoms with van der Waals surface area (Å²) in [5, 5.41) is 3.21. The van der Waals surface area contributed by atoms with Gasteiger partial charge in [-0.2, -0.15) is 0 Å². The molecule has 1 saturated heterocycles. The number of nitrogens with zero attached hydrogens (tertiary/aromatic N) is 3. The second-order valence-corrected chi connectivity index (χ2v) is 8.74. The fourth-order valence-corrected chi connectivity index (χ4v) is 4.20. The van der Waals surface area contributed by atoms with Crippen molar-refractivity contribution in [2.45, 2.75) is 20.3 Å². The molecule has 7 nitrogen and oxygen atoms in total. The van der Waals surface area contributed by atoms with E-state index in [9.17, 15) is 9.59 Å². The van der Waals surface area contributed by atoms with E-state index >= 15 is 0 Å². The summed E-state index contributed by atoms with van der Waals surface area (Å²) in [4.78, 5) is 32.6. The smallest absolute Gasteiger partial charge is 0.267 e. The minimum absolute atomic E-state index is 0.170. The van der Waals surface area contributed by atoms with Gasteiger partial charge < -0.3 is 10.1 Å². The second-order valence-electron chi connectivity index (χ2n) is 7.07. The van der Waals surface area contributed by atoms with Gasteiger partial charge in [-0.1, -0.05) is 43.9 Å². The van der Waals surface area contributed by atoms with Crippen LogP contribution in [0, 0.1) is 5.92 Å². The van der Waals surface area contributed by atoms with E-state index in [4.69, 9.17) is 17.0 Å².